The Hall–Kier alpha value is -2.95. The quantitative estimate of drug-likeness (QED) is 0.627. The highest BCUT2D eigenvalue weighted by Crippen LogP contribution is 2.24. The monoisotopic (exact) mass is 323 g/mol. The van der Waals surface area contributed by atoms with E-state index in [1.807, 2.05) is 24.3 Å². The predicted octanol–water partition coefficient (Wildman–Crippen LogP) is 2.59. The molecule has 1 aliphatic rings. The van der Waals surface area contributed by atoms with Gasteiger partial charge >= 0.3 is 5.97 Å². The van der Waals surface area contributed by atoms with Crippen LogP contribution in [0, 0.1) is 0 Å². The average Bonchev–Trinajstić information content (AvgIpc) is 2.81. The number of hydrogen-bond donors (Lipinski definition) is 0. The molecule has 1 heterocycles. The van der Waals surface area contributed by atoms with Crippen molar-refractivity contribution in [3.63, 3.8) is 0 Å². The van der Waals surface area contributed by atoms with Gasteiger partial charge in [0.25, 0.3) is 11.8 Å². The van der Waals surface area contributed by atoms with Gasteiger partial charge in [-0.1, -0.05) is 36.4 Å². The Bertz CT molecular complexity index is 778. The lowest BCUT2D eigenvalue weighted by Gasteiger charge is -2.14. The summed E-state index contributed by atoms with van der Waals surface area (Å²) in [5, 5.41) is 0. The van der Waals surface area contributed by atoms with Crippen molar-refractivity contribution in [1.29, 1.82) is 0 Å². The number of nitrogens with zero attached hydrogens (tertiary/aromatic N) is 1. The number of imide groups is 1. The molecule has 0 bridgehead atoms. The third-order valence-electron chi connectivity index (χ3n) is 3.86. The van der Waals surface area contributed by atoms with E-state index in [1.165, 1.54) is 4.90 Å². The summed E-state index contributed by atoms with van der Waals surface area (Å²) in [4.78, 5) is 37.6. The summed E-state index contributed by atoms with van der Waals surface area (Å²) in [6.07, 6.45) is 0.170. The minimum atomic E-state index is -0.296. The maximum absolute atomic E-state index is 12.4. The maximum atomic E-state index is 12.4. The van der Waals surface area contributed by atoms with Gasteiger partial charge in [0, 0.05) is 0 Å². The summed E-state index contributed by atoms with van der Waals surface area (Å²) in [6, 6.07) is 14.1. The molecule has 0 fully saturated rings. The van der Waals surface area contributed by atoms with E-state index in [9.17, 15) is 14.4 Å². The molecule has 0 atom stereocenters. The standard InChI is InChI=1S/C19H17NO4/c1-2-24-17(21)11-13-6-5-7-14(10-13)12-20-18(22)15-8-3-4-9-16(15)19(20)23/h3-10H,2,11-12H2,1H3. The van der Waals surface area contributed by atoms with Gasteiger partial charge in [0.05, 0.1) is 30.7 Å². The van der Waals surface area contributed by atoms with Gasteiger partial charge in [0.1, 0.15) is 0 Å². The number of carbonyl (C=O) groups is 3. The molecule has 0 saturated heterocycles. The molecule has 0 N–H and O–H groups in total. The lowest BCUT2D eigenvalue weighted by molar-refractivity contribution is -0.142. The van der Waals surface area contributed by atoms with Gasteiger partial charge in [-0.25, -0.2) is 0 Å². The molecule has 0 aliphatic carbocycles. The number of carbonyl (C=O) groups excluding carboxylic acids is 3. The number of fused-ring (bicyclic) bond motifs is 1. The normalized spacial score (nSPS) is 13.1. The van der Waals surface area contributed by atoms with Crippen LogP contribution in [0.2, 0.25) is 0 Å². The molecule has 2 aromatic rings. The van der Waals surface area contributed by atoms with Crippen LogP contribution in [0.3, 0.4) is 0 Å². The number of rotatable bonds is 5. The molecule has 0 spiro atoms. The molecule has 5 nitrogen and oxygen atoms in total. The first-order chi connectivity index (χ1) is 11.6. The molecule has 0 saturated carbocycles. The van der Waals surface area contributed by atoms with E-state index in [0.717, 1.165) is 11.1 Å². The smallest absolute Gasteiger partial charge is 0.310 e. The first-order valence-electron chi connectivity index (χ1n) is 7.79. The van der Waals surface area contributed by atoms with Crippen molar-refractivity contribution in [1.82, 2.24) is 4.90 Å². The van der Waals surface area contributed by atoms with Crippen molar-refractivity contribution in [3.05, 3.63) is 70.8 Å². The zero-order valence-electron chi connectivity index (χ0n) is 13.3. The zero-order valence-corrected chi connectivity index (χ0v) is 13.3. The van der Waals surface area contributed by atoms with E-state index in [-0.39, 0.29) is 30.7 Å². The third kappa shape index (κ3) is 3.06. The zero-order chi connectivity index (χ0) is 17.1. The van der Waals surface area contributed by atoms with Gasteiger partial charge in [0.2, 0.25) is 0 Å². The Morgan fingerprint density at radius 3 is 2.21 bits per heavy atom. The molecular formula is C19H17NO4. The second kappa shape index (κ2) is 6.66. The Morgan fingerprint density at radius 2 is 1.58 bits per heavy atom. The highest BCUT2D eigenvalue weighted by Gasteiger charge is 2.34. The van der Waals surface area contributed by atoms with E-state index in [2.05, 4.69) is 0 Å². The van der Waals surface area contributed by atoms with Crippen molar-refractivity contribution in [3.8, 4) is 0 Å². The number of ether oxygens (including phenoxy) is 1. The van der Waals surface area contributed by atoms with Gasteiger partial charge in [0.15, 0.2) is 0 Å². The van der Waals surface area contributed by atoms with Gasteiger partial charge in [-0.3, -0.25) is 19.3 Å². The van der Waals surface area contributed by atoms with E-state index < -0.39 is 0 Å². The second-order valence-electron chi connectivity index (χ2n) is 5.54. The molecule has 0 radical (unpaired) electrons. The molecule has 0 aromatic heterocycles. The minimum Gasteiger partial charge on any atom is -0.466 e. The first-order valence-corrected chi connectivity index (χ1v) is 7.79. The van der Waals surface area contributed by atoms with Crippen molar-refractivity contribution in [2.24, 2.45) is 0 Å². The molecule has 2 aromatic carbocycles. The van der Waals surface area contributed by atoms with Gasteiger partial charge in [-0.05, 0) is 30.2 Å². The fourth-order valence-corrected chi connectivity index (χ4v) is 2.78. The van der Waals surface area contributed by atoms with Crippen LogP contribution >= 0.6 is 0 Å². The molecule has 1 aliphatic heterocycles. The number of amides is 2. The maximum Gasteiger partial charge on any atom is 0.310 e. The topological polar surface area (TPSA) is 63.7 Å². The summed E-state index contributed by atoms with van der Waals surface area (Å²) in [7, 11) is 0. The average molecular weight is 323 g/mol. The Kier molecular flexibility index (Phi) is 4.42. The second-order valence-corrected chi connectivity index (χ2v) is 5.54. The summed E-state index contributed by atoms with van der Waals surface area (Å²) in [5.74, 6) is -0.867. The van der Waals surface area contributed by atoms with Crippen LogP contribution in [0.25, 0.3) is 0 Å². The number of hydrogen-bond acceptors (Lipinski definition) is 4. The fraction of sp³-hybridized carbons (Fsp3) is 0.211. The van der Waals surface area contributed by atoms with Gasteiger partial charge in [-0.2, -0.15) is 0 Å². The molecule has 24 heavy (non-hydrogen) atoms. The molecule has 122 valence electrons. The Morgan fingerprint density at radius 1 is 0.958 bits per heavy atom. The van der Waals surface area contributed by atoms with Gasteiger partial charge in [-0.15, -0.1) is 0 Å². The Labute approximate surface area is 139 Å². The van der Waals surface area contributed by atoms with Crippen LogP contribution in [0.15, 0.2) is 48.5 Å². The molecule has 0 unspecified atom stereocenters. The van der Waals surface area contributed by atoms with Crippen molar-refractivity contribution < 1.29 is 19.1 Å². The van der Waals surface area contributed by atoms with E-state index >= 15 is 0 Å². The molecule has 3 rings (SSSR count). The van der Waals surface area contributed by atoms with E-state index in [4.69, 9.17) is 4.74 Å². The van der Waals surface area contributed by atoms with Crippen LogP contribution in [0.5, 0.6) is 0 Å². The predicted molar refractivity (Wildman–Crippen MR) is 87.4 cm³/mol. The summed E-state index contributed by atoms with van der Waals surface area (Å²) in [5.41, 5.74) is 2.46. The molecular weight excluding hydrogens is 306 g/mol. The first kappa shape index (κ1) is 15.9. The summed E-state index contributed by atoms with van der Waals surface area (Å²) in [6.45, 7) is 2.28. The lowest BCUT2D eigenvalue weighted by atomic mass is 10.1. The highest BCUT2D eigenvalue weighted by atomic mass is 16.5. The molecule has 5 heteroatoms. The molecule has 2 amide bonds. The van der Waals surface area contributed by atoms with Gasteiger partial charge < -0.3 is 4.74 Å². The number of benzene rings is 2. The van der Waals surface area contributed by atoms with Crippen LogP contribution in [-0.4, -0.2) is 29.3 Å². The van der Waals surface area contributed by atoms with E-state index in [0.29, 0.717) is 17.7 Å². The third-order valence-corrected chi connectivity index (χ3v) is 3.86. The van der Waals surface area contributed by atoms with Crippen LogP contribution < -0.4 is 0 Å². The van der Waals surface area contributed by atoms with Crippen LogP contribution in [0.1, 0.15) is 38.8 Å². The Balaban J connectivity index is 1.77. The van der Waals surface area contributed by atoms with Crippen molar-refractivity contribution in [2.45, 2.75) is 19.9 Å². The van der Waals surface area contributed by atoms with Crippen molar-refractivity contribution in [2.75, 3.05) is 6.61 Å². The largest absolute Gasteiger partial charge is 0.466 e. The SMILES string of the molecule is CCOC(=O)Cc1cccc(CN2C(=O)c3ccccc3C2=O)c1. The lowest BCUT2D eigenvalue weighted by Crippen LogP contribution is -2.29. The van der Waals surface area contributed by atoms with Crippen LogP contribution in [0.4, 0.5) is 0 Å². The van der Waals surface area contributed by atoms with E-state index in [1.54, 1.807) is 31.2 Å². The summed E-state index contributed by atoms with van der Waals surface area (Å²) >= 11 is 0. The van der Waals surface area contributed by atoms with Crippen molar-refractivity contribution >= 4 is 17.8 Å². The highest BCUT2D eigenvalue weighted by molar-refractivity contribution is 6.21. The van der Waals surface area contributed by atoms with Crippen LogP contribution in [-0.2, 0) is 22.5 Å². The fourth-order valence-electron chi connectivity index (χ4n) is 2.78. The minimum absolute atomic E-state index is 0.170. The summed E-state index contributed by atoms with van der Waals surface area (Å²) < 4.78 is 4.94. The number of esters is 1.